The van der Waals surface area contributed by atoms with Gasteiger partial charge < -0.3 is 9.64 Å². The summed E-state index contributed by atoms with van der Waals surface area (Å²) < 4.78 is 42.7. The highest BCUT2D eigenvalue weighted by atomic mass is 19.4. The zero-order valence-electron chi connectivity index (χ0n) is 11.9. The average molecular weight is 302 g/mol. The number of amides is 1. The molecule has 116 valence electrons. The fraction of sp³-hybridized carbons (Fsp3) is 0.429. The van der Waals surface area contributed by atoms with E-state index < -0.39 is 18.6 Å². The standard InChI is InChI=1S/C14H17F3N2O2/c1-4-7-19(9-14(15,16)17)13(20)11-5-6-12(18-8-11)21-10(2)3/h4-6,8,10H,1,7,9H2,2-3H3. The molecular formula is C14H17F3N2O2. The maximum Gasteiger partial charge on any atom is 0.406 e. The molecule has 21 heavy (non-hydrogen) atoms. The van der Waals surface area contributed by atoms with Crippen molar-refractivity contribution in [3.05, 3.63) is 36.5 Å². The molecule has 7 heteroatoms. The Kier molecular flexibility index (Phi) is 5.75. The first-order chi connectivity index (χ1) is 9.73. The number of rotatable bonds is 6. The summed E-state index contributed by atoms with van der Waals surface area (Å²) in [6, 6.07) is 2.84. The van der Waals surface area contributed by atoms with E-state index in [4.69, 9.17) is 4.74 Å². The number of carbonyl (C=O) groups excluding carboxylic acids is 1. The Balaban J connectivity index is 2.85. The van der Waals surface area contributed by atoms with Gasteiger partial charge in [0.1, 0.15) is 6.54 Å². The lowest BCUT2D eigenvalue weighted by atomic mass is 10.2. The van der Waals surface area contributed by atoms with Gasteiger partial charge in [0.05, 0.1) is 11.7 Å². The quantitative estimate of drug-likeness (QED) is 0.758. The van der Waals surface area contributed by atoms with E-state index in [2.05, 4.69) is 11.6 Å². The molecule has 1 amide bonds. The van der Waals surface area contributed by atoms with E-state index in [0.717, 1.165) is 0 Å². The first-order valence-corrected chi connectivity index (χ1v) is 6.32. The van der Waals surface area contributed by atoms with E-state index >= 15 is 0 Å². The van der Waals surface area contributed by atoms with E-state index in [-0.39, 0.29) is 18.2 Å². The first-order valence-electron chi connectivity index (χ1n) is 6.32. The van der Waals surface area contributed by atoms with Crippen molar-refractivity contribution in [3.8, 4) is 5.88 Å². The molecule has 1 aromatic rings. The largest absolute Gasteiger partial charge is 0.475 e. The van der Waals surface area contributed by atoms with Crippen molar-refractivity contribution in [1.82, 2.24) is 9.88 Å². The molecule has 0 aromatic carbocycles. The van der Waals surface area contributed by atoms with E-state index in [9.17, 15) is 18.0 Å². The minimum absolute atomic E-state index is 0.0669. The summed E-state index contributed by atoms with van der Waals surface area (Å²) in [5, 5.41) is 0. The van der Waals surface area contributed by atoms with E-state index in [1.807, 2.05) is 13.8 Å². The minimum Gasteiger partial charge on any atom is -0.475 e. The summed E-state index contributed by atoms with van der Waals surface area (Å²) in [5.41, 5.74) is 0.0669. The Hall–Kier alpha value is -2.05. The van der Waals surface area contributed by atoms with Crippen molar-refractivity contribution in [1.29, 1.82) is 0 Å². The summed E-state index contributed by atoms with van der Waals surface area (Å²) in [6.45, 7) is 5.46. The van der Waals surface area contributed by atoms with Crippen LogP contribution in [0.4, 0.5) is 13.2 Å². The zero-order valence-corrected chi connectivity index (χ0v) is 11.9. The lowest BCUT2D eigenvalue weighted by molar-refractivity contribution is -0.139. The smallest absolute Gasteiger partial charge is 0.406 e. The van der Waals surface area contributed by atoms with Crippen LogP contribution in [0.1, 0.15) is 24.2 Å². The second kappa shape index (κ2) is 7.10. The number of ether oxygens (including phenoxy) is 1. The van der Waals surface area contributed by atoms with Crippen molar-refractivity contribution in [2.24, 2.45) is 0 Å². The minimum atomic E-state index is -4.47. The monoisotopic (exact) mass is 302 g/mol. The van der Waals surface area contributed by atoms with Crippen molar-refractivity contribution in [2.75, 3.05) is 13.1 Å². The predicted octanol–water partition coefficient (Wildman–Crippen LogP) is 3.06. The molecule has 0 N–H and O–H groups in total. The maximum absolute atomic E-state index is 12.4. The molecular weight excluding hydrogens is 285 g/mol. The third kappa shape index (κ3) is 5.85. The van der Waals surface area contributed by atoms with Crippen LogP contribution in [0, 0.1) is 0 Å². The van der Waals surface area contributed by atoms with Gasteiger partial charge in [-0.05, 0) is 19.9 Å². The zero-order chi connectivity index (χ0) is 16.0. The molecule has 0 spiro atoms. The topological polar surface area (TPSA) is 42.4 Å². The van der Waals surface area contributed by atoms with Crippen molar-refractivity contribution in [3.63, 3.8) is 0 Å². The van der Waals surface area contributed by atoms with Gasteiger partial charge in [0.25, 0.3) is 5.91 Å². The van der Waals surface area contributed by atoms with Gasteiger partial charge in [-0.25, -0.2) is 4.98 Å². The summed E-state index contributed by atoms with van der Waals surface area (Å²) >= 11 is 0. The summed E-state index contributed by atoms with van der Waals surface area (Å²) in [4.78, 5) is 16.6. The van der Waals surface area contributed by atoms with E-state index in [1.165, 1.54) is 24.4 Å². The highest BCUT2D eigenvalue weighted by Crippen LogP contribution is 2.18. The van der Waals surface area contributed by atoms with Gasteiger partial charge in [-0.1, -0.05) is 6.08 Å². The Morgan fingerprint density at radius 1 is 1.48 bits per heavy atom. The van der Waals surface area contributed by atoms with Gasteiger partial charge in [-0.15, -0.1) is 6.58 Å². The number of nitrogens with zero attached hydrogens (tertiary/aromatic N) is 2. The van der Waals surface area contributed by atoms with Crippen LogP contribution in [0.2, 0.25) is 0 Å². The molecule has 1 aromatic heterocycles. The Labute approximate surface area is 121 Å². The van der Waals surface area contributed by atoms with Gasteiger partial charge in [-0.3, -0.25) is 4.79 Å². The van der Waals surface area contributed by atoms with Crippen LogP contribution in [0.3, 0.4) is 0 Å². The maximum atomic E-state index is 12.4. The molecule has 1 heterocycles. The second-order valence-corrected chi connectivity index (χ2v) is 4.64. The summed E-state index contributed by atoms with van der Waals surface area (Å²) in [5.74, 6) is -0.441. The molecule has 0 aliphatic heterocycles. The van der Waals surface area contributed by atoms with Gasteiger partial charge in [0, 0.05) is 18.8 Å². The molecule has 0 aliphatic carbocycles. The Morgan fingerprint density at radius 3 is 2.57 bits per heavy atom. The highest BCUT2D eigenvalue weighted by molar-refractivity contribution is 5.94. The van der Waals surface area contributed by atoms with Gasteiger partial charge >= 0.3 is 6.18 Å². The van der Waals surface area contributed by atoms with Crippen LogP contribution in [-0.2, 0) is 0 Å². The van der Waals surface area contributed by atoms with Crippen LogP contribution in [0.25, 0.3) is 0 Å². The lowest BCUT2D eigenvalue weighted by Crippen LogP contribution is -2.39. The number of carbonyl (C=O) groups is 1. The second-order valence-electron chi connectivity index (χ2n) is 4.64. The molecule has 0 atom stereocenters. The normalized spacial score (nSPS) is 11.3. The van der Waals surface area contributed by atoms with Gasteiger partial charge in [0.2, 0.25) is 5.88 Å². The highest BCUT2D eigenvalue weighted by Gasteiger charge is 2.32. The predicted molar refractivity (Wildman–Crippen MR) is 72.2 cm³/mol. The number of halogens is 3. The molecule has 1 rings (SSSR count). The summed E-state index contributed by atoms with van der Waals surface area (Å²) in [6.07, 6.45) is -2.10. The third-order valence-corrected chi connectivity index (χ3v) is 2.35. The number of pyridine rings is 1. The molecule has 0 radical (unpaired) electrons. The molecule has 0 unspecified atom stereocenters. The number of alkyl halides is 3. The van der Waals surface area contributed by atoms with Crippen LogP contribution in [-0.4, -0.2) is 41.2 Å². The van der Waals surface area contributed by atoms with Crippen LogP contribution in [0.5, 0.6) is 5.88 Å². The third-order valence-electron chi connectivity index (χ3n) is 2.35. The van der Waals surface area contributed by atoms with E-state index in [0.29, 0.717) is 10.8 Å². The fourth-order valence-electron chi connectivity index (χ4n) is 1.59. The van der Waals surface area contributed by atoms with Crippen LogP contribution >= 0.6 is 0 Å². The molecule has 0 fully saturated rings. The van der Waals surface area contributed by atoms with Crippen molar-refractivity contribution >= 4 is 5.91 Å². The Bertz CT molecular complexity index is 484. The van der Waals surface area contributed by atoms with Crippen molar-refractivity contribution in [2.45, 2.75) is 26.1 Å². The van der Waals surface area contributed by atoms with E-state index in [1.54, 1.807) is 0 Å². The first kappa shape index (κ1) is 17.0. The number of aromatic nitrogens is 1. The Morgan fingerprint density at radius 2 is 2.14 bits per heavy atom. The molecule has 4 nitrogen and oxygen atoms in total. The molecule has 0 saturated heterocycles. The molecule has 0 bridgehead atoms. The van der Waals surface area contributed by atoms with Crippen LogP contribution in [0.15, 0.2) is 31.0 Å². The fourth-order valence-corrected chi connectivity index (χ4v) is 1.59. The van der Waals surface area contributed by atoms with Gasteiger partial charge in [-0.2, -0.15) is 13.2 Å². The van der Waals surface area contributed by atoms with Gasteiger partial charge in [0.15, 0.2) is 0 Å². The SMILES string of the molecule is C=CCN(CC(F)(F)F)C(=O)c1ccc(OC(C)C)nc1. The molecule has 0 saturated carbocycles. The average Bonchev–Trinajstić information content (AvgIpc) is 2.36. The lowest BCUT2D eigenvalue weighted by Gasteiger charge is -2.22. The number of hydrogen-bond donors (Lipinski definition) is 0. The van der Waals surface area contributed by atoms with Crippen molar-refractivity contribution < 1.29 is 22.7 Å². The summed E-state index contributed by atoms with van der Waals surface area (Å²) in [7, 11) is 0. The molecule has 0 aliphatic rings. The van der Waals surface area contributed by atoms with Crippen LogP contribution < -0.4 is 4.74 Å². The number of hydrogen-bond acceptors (Lipinski definition) is 3.